The summed E-state index contributed by atoms with van der Waals surface area (Å²) in [4.78, 5) is 12.8. The Bertz CT molecular complexity index is 999. The van der Waals surface area contributed by atoms with Crippen LogP contribution in [0.2, 0.25) is 0 Å². The van der Waals surface area contributed by atoms with Crippen molar-refractivity contribution in [3.63, 3.8) is 0 Å². The molecule has 1 fully saturated rings. The van der Waals surface area contributed by atoms with E-state index in [9.17, 15) is 13.2 Å². The van der Waals surface area contributed by atoms with Crippen LogP contribution in [-0.2, 0) is 16.4 Å². The van der Waals surface area contributed by atoms with Crippen molar-refractivity contribution in [3.8, 4) is 11.5 Å². The molecule has 31 heavy (non-hydrogen) atoms. The number of sulfonamides is 1. The van der Waals surface area contributed by atoms with Crippen LogP contribution in [0.15, 0.2) is 47.4 Å². The maximum Gasteiger partial charge on any atom is 0.251 e. The zero-order chi connectivity index (χ0) is 22.4. The van der Waals surface area contributed by atoms with Crippen LogP contribution in [0.5, 0.6) is 11.5 Å². The van der Waals surface area contributed by atoms with Crippen LogP contribution < -0.4 is 14.8 Å². The molecule has 0 spiro atoms. The van der Waals surface area contributed by atoms with E-state index >= 15 is 0 Å². The van der Waals surface area contributed by atoms with E-state index in [1.54, 1.807) is 19.2 Å². The number of hydrogen-bond donors (Lipinski definition) is 1. The fraction of sp³-hybridized carbons (Fsp3) is 0.435. The number of nitrogens with one attached hydrogen (secondary N) is 1. The van der Waals surface area contributed by atoms with Gasteiger partial charge in [0.2, 0.25) is 10.0 Å². The highest BCUT2D eigenvalue weighted by Crippen LogP contribution is 2.30. The molecule has 168 valence electrons. The molecule has 0 aliphatic carbocycles. The number of rotatable bonds is 9. The lowest BCUT2D eigenvalue weighted by molar-refractivity contribution is 0.0938. The van der Waals surface area contributed by atoms with Crippen molar-refractivity contribution >= 4 is 15.9 Å². The molecule has 1 aliphatic rings. The van der Waals surface area contributed by atoms with Crippen molar-refractivity contribution in [2.75, 3.05) is 27.3 Å². The van der Waals surface area contributed by atoms with Gasteiger partial charge in [0.15, 0.2) is 0 Å². The van der Waals surface area contributed by atoms with Gasteiger partial charge in [0.1, 0.15) is 16.4 Å². The fourth-order valence-electron chi connectivity index (χ4n) is 3.64. The number of carbonyl (C=O) groups excluding carboxylic acids is 1. The maximum atomic E-state index is 13.0. The first kappa shape index (κ1) is 23.1. The average Bonchev–Trinajstić information content (AvgIpc) is 3.33. The third-order valence-electron chi connectivity index (χ3n) is 5.51. The van der Waals surface area contributed by atoms with Gasteiger partial charge in [0.25, 0.3) is 5.91 Å². The highest BCUT2D eigenvalue weighted by Gasteiger charge is 2.30. The van der Waals surface area contributed by atoms with Crippen LogP contribution in [0.1, 0.15) is 42.1 Å². The first-order valence-corrected chi connectivity index (χ1v) is 11.9. The molecule has 0 aromatic heterocycles. The molecule has 1 saturated heterocycles. The number of ether oxygens (including phenoxy) is 2. The van der Waals surface area contributed by atoms with Crippen LogP contribution >= 0.6 is 0 Å². The van der Waals surface area contributed by atoms with Gasteiger partial charge in [-0.25, -0.2) is 8.42 Å². The molecule has 0 bridgehead atoms. The standard InChI is InChI=1S/C23H30N2O5S/c1-17(6-7-18-8-11-20(29-2)12-9-18)24-23(26)19-10-13-21(30-3)22(16-19)31(27,28)25-14-4-5-15-25/h8-13,16-17H,4-7,14-15H2,1-3H3,(H,24,26). The van der Waals surface area contributed by atoms with Crippen LogP contribution in [0.25, 0.3) is 0 Å². The Morgan fingerprint density at radius 1 is 1.06 bits per heavy atom. The highest BCUT2D eigenvalue weighted by atomic mass is 32.2. The Hall–Kier alpha value is -2.58. The molecular formula is C23H30N2O5S. The largest absolute Gasteiger partial charge is 0.497 e. The van der Waals surface area contributed by atoms with Gasteiger partial charge < -0.3 is 14.8 Å². The molecule has 2 aromatic carbocycles. The average molecular weight is 447 g/mol. The number of methoxy groups -OCH3 is 2. The van der Waals surface area contributed by atoms with Crippen LogP contribution in [0.4, 0.5) is 0 Å². The molecular weight excluding hydrogens is 416 g/mol. The molecule has 2 aromatic rings. The summed E-state index contributed by atoms with van der Waals surface area (Å²) in [5, 5.41) is 2.96. The first-order chi connectivity index (χ1) is 14.8. The van der Waals surface area contributed by atoms with Gasteiger partial charge in [-0.1, -0.05) is 12.1 Å². The molecule has 1 aliphatic heterocycles. The number of amides is 1. The van der Waals surface area contributed by atoms with Gasteiger partial charge in [-0.3, -0.25) is 4.79 Å². The minimum absolute atomic E-state index is 0.0374. The summed E-state index contributed by atoms with van der Waals surface area (Å²) in [5.41, 5.74) is 1.46. The van der Waals surface area contributed by atoms with Gasteiger partial charge in [-0.15, -0.1) is 0 Å². The lowest BCUT2D eigenvalue weighted by atomic mass is 10.1. The number of aryl methyl sites for hydroxylation is 1. The monoisotopic (exact) mass is 446 g/mol. The first-order valence-electron chi connectivity index (χ1n) is 10.5. The lowest BCUT2D eigenvalue weighted by Crippen LogP contribution is -2.33. The normalized spacial score (nSPS) is 15.5. The van der Waals surface area contributed by atoms with E-state index in [1.165, 1.54) is 17.5 Å². The second-order valence-electron chi connectivity index (χ2n) is 7.74. The van der Waals surface area contributed by atoms with Crippen LogP contribution in [-0.4, -0.2) is 52.0 Å². The summed E-state index contributed by atoms with van der Waals surface area (Å²) in [5.74, 6) is 0.753. The summed E-state index contributed by atoms with van der Waals surface area (Å²) in [6.45, 7) is 2.92. The Kier molecular flexibility index (Phi) is 7.56. The summed E-state index contributed by atoms with van der Waals surface area (Å²) >= 11 is 0. The van der Waals surface area contributed by atoms with Crippen molar-refractivity contribution in [2.45, 2.75) is 43.5 Å². The molecule has 1 heterocycles. The van der Waals surface area contributed by atoms with Crippen molar-refractivity contribution < 1.29 is 22.7 Å². The highest BCUT2D eigenvalue weighted by molar-refractivity contribution is 7.89. The molecule has 1 atom stereocenters. The molecule has 7 nitrogen and oxygen atoms in total. The van der Waals surface area contributed by atoms with Crippen molar-refractivity contribution in [3.05, 3.63) is 53.6 Å². The van der Waals surface area contributed by atoms with Crippen molar-refractivity contribution in [1.29, 1.82) is 0 Å². The predicted molar refractivity (Wildman–Crippen MR) is 119 cm³/mol. The number of benzene rings is 2. The van der Waals surface area contributed by atoms with Gasteiger partial charge in [-0.05, 0) is 68.5 Å². The second kappa shape index (κ2) is 10.2. The minimum atomic E-state index is -3.70. The van der Waals surface area contributed by atoms with Crippen LogP contribution in [0.3, 0.4) is 0 Å². The lowest BCUT2D eigenvalue weighted by Gasteiger charge is -2.19. The van der Waals surface area contributed by atoms with Gasteiger partial charge in [0, 0.05) is 24.7 Å². The zero-order valence-electron chi connectivity index (χ0n) is 18.3. The third kappa shape index (κ3) is 5.57. The molecule has 1 unspecified atom stereocenters. The third-order valence-corrected chi connectivity index (χ3v) is 7.43. The van der Waals surface area contributed by atoms with E-state index < -0.39 is 10.0 Å². The van der Waals surface area contributed by atoms with E-state index in [4.69, 9.17) is 9.47 Å². The summed E-state index contributed by atoms with van der Waals surface area (Å²) in [6, 6.07) is 12.3. The fourth-order valence-corrected chi connectivity index (χ4v) is 5.34. The topological polar surface area (TPSA) is 84.9 Å². The van der Waals surface area contributed by atoms with E-state index in [-0.39, 0.29) is 22.6 Å². The zero-order valence-corrected chi connectivity index (χ0v) is 19.1. The number of hydrogen-bond acceptors (Lipinski definition) is 5. The number of nitrogens with zero attached hydrogens (tertiary/aromatic N) is 1. The number of carbonyl (C=O) groups is 1. The Labute approximate surface area is 184 Å². The van der Waals surface area contributed by atoms with E-state index in [0.29, 0.717) is 18.7 Å². The Morgan fingerprint density at radius 2 is 1.74 bits per heavy atom. The van der Waals surface area contributed by atoms with E-state index in [0.717, 1.165) is 37.0 Å². The molecule has 1 amide bonds. The van der Waals surface area contributed by atoms with Crippen molar-refractivity contribution in [1.82, 2.24) is 9.62 Å². The Balaban J connectivity index is 1.67. The van der Waals surface area contributed by atoms with Gasteiger partial charge in [0.05, 0.1) is 14.2 Å². The molecule has 1 N–H and O–H groups in total. The van der Waals surface area contributed by atoms with E-state index in [1.807, 2.05) is 31.2 Å². The SMILES string of the molecule is COc1ccc(CCC(C)NC(=O)c2ccc(OC)c(S(=O)(=O)N3CCCC3)c2)cc1. The van der Waals surface area contributed by atoms with E-state index in [2.05, 4.69) is 5.32 Å². The van der Waals surface area contributed by atoms with Gasteiger partial charge >= 0.3 is 0 Å². The Morgan fingerprint density at radius 3 is 2.35 bits per heavy atom. The maximum absolute atomic E-state index is 13.0. The van der Waals surface area contributed by atoms with Crippen LogP contribution in [0, 0.1) is 0 Å². The molecule has 8 heteroatoms. The van der Waals surface area contributed by atoms with Gasteiger partial charge in [-0.2, -0.15) is 4.31 Å². The summed E-state index contributed by atoms with van der Waals surface area (Å²) in [6.07, 6.45) is 3.25. The van der Waals surface area contributed by atoms with Crippen molar-refractivity contribution in [2.24, 2.45) is 0 Å². The molecule has 0 radical (unpaired) electrons. The quantitative estimate of drug-likeness (QED) is 0.639. The second-order valence-corrected chi connectivity index (χ2v) is 9.64. The summed E-state index contributed by atoms with van der Waals surface area (Å²) < 4.78 is 37.9. The molecule has 3 rings (SSSR count). The minimum Gasteiger partial charge on any atom is -0.497 e. The smallest absolute Gasteiger partial charge is 0.251 e. The predicted octanol–water partition coefficient (Wildman–Crippen LogP) is 3.24. The summed E-state index contributed by atoms with van der Waals surface area (Å²) in [7, 11) is -0.637. The molecule has 0 saturated carbocycles.